The first kappa shape index (κ1) is 28.3. The van der Waals surface area contributed by atoms with Crippen LogP contribution in [-0.4, -0.2) is 90.2 Å². The summed E-state index contributed by atoms with van der Waals surface area (Å²) in [7, 11) is 2.14. The molecule has 1 amide bonds. The molecule has 3 rings (SSSR count). The number of hydrogen-bond donors (Lipinski definition) is 2. The summed E-state index contributed by atoms with van der Waals surface area (Å²) in [4.78, 5) is 13.3. The number of halogens is 1. The minimum Gasteiger partial charge on any atom is -0.464 e. The van der Waals surface area contributed by atoms with Gasteiger partial charge in [-0.25, -0.2) is 4.39 Å². The predicted molar refractivity (Wildman–Crippen MR) is 138 cm³/mol. The molecule has 2 aromatic rings. The number of nitrogens with one attached hydrogen (secondary N) is 2. The molecule has 200 valence electrons. The van der Waals surface area contributed by atoms with Crippen molar-refractivity contribution in [3.8, 4) is 0 Å². The van der Waals surface area contributed by atoms with Crippen molar-refractivity contribution >= 4 is 16.9 Å². The third kappa shape index (κ3) is 9.63. The summed E-state index contributed by atoms with van der Waals surface area (Å²) >= 11 is 0. The standard InChI is InChI=1S/C27H40FN3O5/c1-3-27(32)30-8-11-34-13-15-35-14-12-33-10-7-29-18-22-16-21(19-31(2)20-22)17-24-23-6-9-36-26(23)5-4-25(24)28/h3-6,9,21-22,29H,1,7-8,10-20H2,2H3,(H,30,32)/t21-,22-/m1/s1. The molecule has 0 unspecified atom stereocenters. The van der Waals surface area contributed by atoms with E-state index in [0.717, 1.165) is 55.6 Å². The number of rotatable bonds is 17. The number of likely N-dealkylation sites (tertiary alicyclic amines) is 1. The maximum Gasteiger partial charge on any atom is 0.243 e. The molecule has 1 fully saturated rings. The van der Waals surface area contributed by atoms with Crippen LogP contribution < -0.4 is 10.6 Å². The van der Waals surface area contributed by atoms with E-state index in [0.29, 0.717) is 58.0 Å². The third-order valence-electron chi connectivity index (χ3n) is 6.32. The molecule has 0 saturated carbocycles. The van der Waals surface area contributed by atoms with E-state index >= 15 is 0 Å². The number of carbonyl (C=O) groups is 1. The number of amides is 1. The normalized spacial score (nSPS) is 18.5. The Morgan fingerprint density at radius 2 is 1.78 bits per heavy atom. The molecule has 2 N–H and O–H groups in total. The number of hydrogen-bond acceptors (Lipinski definition) is 7. The number of furan rings is 1. The average Bonchev–Trinajstić information content (AvgIpc) is 3.34. The fourth-order valence-electron chi connectivity index (χ4n) is 4.76. The molecule has 36 heavy (non-hydrogen) atoms. The van der Waals surface area contributed by atoms with Gasteiger partial charge in [-0.15, -0.1) is 0 Å². The lowest BCUT2D eigenvalue weighted by Crippen LogP contribution is -2.42. The summed E-state index contributed by atoms with van der Waals surface area (Å²) in [5.74, 6) is 0.588. The first-order chi connectivity index (χ1) is 17.6. The summed E-state index contributed by atoms with van der Waals surface area (Å²) < 4.78 is 36.5. The highest BCUT2D eigenvalue weighted by molar-refractivity contribution is 5.86. The van der Waals surface area contributed by atoms with Crippen LogP contribution in [0.1, 0.15) is 12.0 Å². The van der Waals surface area contributed by atoms with E-state index in [-0.39, 0.29) is 11.7 Å². The zero-order chi connectivity index (χ0) is 25.6. The summed E-state index contributed by atoms with van der Waals surface area (Å²) in [6, 6.07) is 5.08. The summed E-state index contributed by atoms with van der Waals surface area (Å²) in [5, 5.41) is 7.03. The molecule has 1 aliphatic rings. The smallest absolute Gasteiger partial charge is 0.243 e. The Morgan fingerprint density at radius 1 is 1.08 bits per heavy atom. The van der Waals surface area contributed by atoms with Gasteiger partial charge in [0.05, 0.1) is 45.9 Å². The second-order valence-electron chi connectivity index (χ2n) is 9.29. The van der Waals surface area contributed by atoms with Crippen molar-refractivity contribution in [3.63, 3.8) is 0 Å². The van der Waals surface area contributed by atoms with Gasteiger partial charge in [-0.1, -0.05) is 6.58 Å². The van der Waals surface area contributed by atoms with Crippen molar-refractivity contribution in [2.75, 3.05) is 79.4 Å². The zero-order valence-electron chi connectivity index (χ0n) is 21.3. The Hall–Kier alpha value is -2.30. The maximum absolute atomic E-state index is 14.6. The molecule has 0 bridgehead atoms. The second-order valence-corrected chi connectivity index (χ2v) is 9.29. The van der Waals surface area contributed by atoms with Gasteiger partial charge < -0.3 is 34.2 Å². The lowest BCUT2D eigenvalue weighted by atomic mass is 9.84. The number of benzene rings is 1. The van der Waals surface area contributed by atoms with Crippen molar-refractivity contribution in [2.45, 2.75) is 12.8 Å². The Bertz CT molecular complexity index is 937. The molecular formula is C27H40FN3O5. The van der Waals surface area contributed by atoms with Gasteiger partial charge in [0.25, 0.3) is 0 Å². The van der Waals surface area contributed by atoms with Crippen LogP contribution in [0.4, 0.5) is 4.39 Å². The first-order valence-corrected chi connectivity index (χ1v) is 12.7. The molecule has 0 spiro atoms. The number of ether oxygens (including phenoxy) is 3. The minimum atomic E-state index is -0.201. The zero-order valence-corrected chi connectivity index (χ0v) is 21.3. The van der Waals surface area contributed by atoms with Crippen LogP contribution >= 0.6 is 0 Å². The Morgan fingerprint density at radius 3 is 2.53 bits per heavy atom. The van der Waals surface area contributed by atoms with Gasteiger partial charge in [0, 0.05) is 31.6 Å². The van der Waals surface area contributed by atoms with Gasteiger partial charge in [0.15, 0.2) is 0 Å². The molecule has 1 aromatic carbocycles. The summed E-state index contributed by atoms with van der Waals surface area (Å²) in [6.45, 7) is 10.7. The predicted octanol–water partition coefficient (Wildman–Crippen LogP) is 2.62. The van der Waals surface area contributed by atoms with Crippen LogP contribution in [-0.2, 0) is 25.4 Å². The molecule has 2 atom stereocenters. The Balaban J connectivity index is 1.21. The largest absolute Gasteiger partial charge is 0.464 e. The fraction of sp³-hybridized carbons (Fsp3) is 0.593. The van der Waals surface area contributed by atoms with Crippen LogP contribution in [0.15, 0.2) is 41.5 Å². The SMILES string of the molecule is C=CC(=O)NCCOCCOCCOCCNC[C@H]1C[C@H](Cc2c(F)ccc3occc23)CN(C)C1. The van der Waals surface area contributed by atoms with Crippen LogP contribution in [0.3, 0.4) is 0 Å². The van der Waals surface area contributed by atoms with Gasteiger partial charge in [-0.3, -0.25) is 4.79 Å². The quantitative estimate of drug-likeness (QED) is 0.253. The highest BCUT2D eigenvalue weighted by atomic mass is 19.1. The van der Waals surface area contributed by atoms with E-state index in [9.17, 15) is 9.18 Å². The van der Waals surface area contributed by atoms with Crippen LogP contribution in [0, 0.1) is 17.7 Å². The molecule has 1 aliphatic heterocycles. The van der Waals surface area contributed by atoms with Gasteiger partial charge in [-0.05, 0) is 68.1 Å². The molecular weight excluding hydrogens is 465 g/mol. The van der Waals surface area contributed by atoms with Crippen molar-refractivity contribution in [3.05, 3.63) is 48.5 Å². The van der Waals surface area contributed by atoms with Crippen LogP contribution in [0.25, 0.3) is 11.0 Å². The summed E-state index contributed by atoms with van der Waals surface area (Å²) in [5.41, 5.74) is 1.52. The highest BCUT2D eigenvalue weighted by Crippen LogP contribution is 2.29. The molecule has 1 aromatic heterocycles. The van der Waals surface area contributed by atoms with Crippen molar-refractivity contribution in [2.24, 2.45) is 11.8 Å². The van der Waals surface area contributed by atoms with E-state index in [1.165, 1.54) is 12.1 Å². The van der Waals surface area contributed by atoms with Crippen LogP contribution in [0.2, 0.25) is 0 Å². The lowest BCUT2D eigenvalue weighted by molar-refractivity contribution is -0.116. The molecule has 2 heterocycles. The van der Waals surface area contributed by atoms with Gasteiger partial charge >= 0.3 is 0 Å². The van der Waals surface area contributed by atoms with Gasteiger partial charge in [0.2, 0.25) is 5.91 Å². The lowest BCUT2D eigenvalue weighted by Gasteiger charge is -2.36. The van der Waals surface area contributed by atoms with Crippen molar-refractivity contribution in [1.29, 1.82) is 0 Å². The average molecular weight is 506 g/mol. The van der Waals surface area contributed by atoms with E-state index in [1.54, 1.807) is 12.3 Å². The van der Waals surface area contributed by atoms with E-state index in [1.807, 2.05) is 6.07 Å². The molecule has 1 saturated heterocycles. The number of piperidine rings is 1. The molecule has 9 heteroatoms. The summed E-state index contributed by atoms with van der Waals surface area (Å²) in [6.07, 6.45) is 4.66. The second kappa shape index (κ2) is 15.7. The number of carbonyl (C=O) groups excluding carboxylic acids is 1. The molecule has 8 nitrogen and oxygen atoms in total. The van der Waals surface area contributed by atoms with Gasteiger partial charge in [0.1, 0.15) is 11.4 Å². The first-order valence-electron chi connectivity index (χ1n) is 12.7. The fourth-order valence-corrected chi connectivity index (χ4v) is 4.76. The minimum absolute atomic E-state index is 0.144. The Labute approximate surface area is 213 Å². The van der Waals surface area contributed by atoms with E-state index in [4.69, 9.17) is 18.6 Å². The molecule has 0 aliphatic carbocycles. The van der Waals surface area contributed by atoms with E-state index in [2.05, 4.69) is 29.2 Å². The monoisotopic (exact) mass is 505 g/mol. The topological polar surface area (TPSA) is 85.2 Å². The molecule has 0 radical (unpaired) electrons. The van der Waals surface area contributed by atoms with Crippen molar-refractivity contribution < 1.29 is 27.8 Å². The van der Waals surface area contributed by atoms with Gasteiger partial charge in [-0.2, -0.15) is 0 Å². The maximum atomic E-state index is 14.6. The van der Waals surface area contributed by atoms with E-state index < -0.39 is 0 Å². The highest BCUT2D eigenvalue weighted by Gasteiger charge is 2.26. The number of nitrogens with zero attached hydrogens (tertiary/aromatic N) is 1. The van der Waals surface area contributed by atoms with Crippen LogP contribution in [0.5, 0.6) is 0 Å². The number of fused-ring (bicyclic) bond motifs is 1. The third-order valence-corrected chi connectivity index (χ3v) is 6.32. The van der Waals surface area contributed by atoms with Crippen molar-refractivity contribution in [1.82, 2.24) is 15.5 Å². The Kier molecular flexibility index (Phi) is 12.4.